The Kier molecular flexibility index (Phi) is 3.66. The van der Waals surface area contributed by atoms with Crippen molar-refractivity contribution in [2.75, 3.05) is 0 Å². The molecule has 0 N–H and O–H groups in total. The Labute approximate surface area is 197 Å². The lowest BCUT2D eigenvalue weighted by atomic mass is 9.92. The zero-order chi connectivity index (χ0) is 22.4. The molecule has 7 aromatic rings. The Balaban J connectivity index is 1.67. The van der Waals surface area contributed by atoms with Crippen molar-refractivity contribution in [1.29, 1.82) is 0 Å². The number of fused-ring (bicyclic) bond motifs is 7. The number of benzene rings is 4. The van der Waals surface area contributed by atoms with Crippen LogP contribution < -0.4 is 0 Å². The third-order valence-corrected chi connectivity index (χ3v) is 8.36. The molecule has 1 aliphatic carbocycles. The SMILES string of the molecule is Cc1c2ccccc2cc2c3ncnc4cc(CC5CCCC5)c5c6ccccc6n(c12)c5c43. The number of hydrogen-bond donors (Lipinski definition) is 0. The summed E-state index contributed by atoms with van der Waals surface area (Å²) < 4.78 is 2.53. The van der Waals surface area contributed by atoms with Gasteiger partial charge < -0.3 is 4.40 Å². The Hall–Kier alpha value is -3.72. The first-order valence-electron chi connectivity index (χ1n) is 12.5. The minimum absolute atomic E-state index is 0.782. The van der Waals surface area contributed by atoms with Crippen LogP contribution in [0.5, 0.6) is 0 Å². The highest BCUT2D eigenvalue weighted by Crippen LogP contribution is 2.44. The average molecular weight is 440 g/mol. The first-order valence-corrected chi connectivity index (χ1v) is 12.5. The van der Waals surface area contributed by atoms with Gasteiger partial charge in [-0.1, -0.05) is 68.1 Å². The largest absolute Gasteiger partial charge is 0.307 e. The van der Waals surface area contributed by atoms with E-state index in [1.165, 1.54) is 85.7 Å². The van der Waals surface area contributed by atoms with E-state index in [1.54, 1.807) is 6.33 Å². The van der Waals surface area contributed by atoms with E-state index in [2.05, 4.69) is 72.0 Å². The van der Waals surface area contributed by atoms with Crippen molar-refractivity contribution in [3.63, 3.8) is 0 Å². The van der Waals surface area contributed by atoms with Gasteiger partial charge in [0.25, 0.3) is 0 Å². The lowest BCUT2D eigenvalue weighted by Gasteiger charge is -2.17. The maximum atomic E-state index is 4.89. The van der Waals surface area contributed by atoms with Gasteiger partial charge in [-0.05, 0) is 59.4 Å². The van der Waals surface area contributed by atoms with Gasteiger partial charge in [-0.2, -0.15) is 0 Å². The lowest BCUT2D eigenvalue weighted by Crippen LogP contribution is -2.02. The van der Waals surface area contributed by atoms with Crippen LogP contribution in [0.4, 0.5) is 0 Å². The molecule has 0 atom stereocenters. The normalized spacial score (nSPS) is 15.3. The minimum atomic E-state index is 0.782. The van der Waals surface area contributed by atoms with Crippen LogP contribution in [0.15, 0.2) is 67.0 Å². The Morgan fingerprint density at radius 2 is 1.62 bits per heavy atom. The molecule has 0 saturated heterocycles. The molecule has 0 bridgehead atoms. The number of nitrogens with zero attached hydrogens (tertiary/aromatic N) is 3. The molecule has 1 fully saturated rings. The zero-order valence-corrected chi connectivity index (χ0v) is 19.3. The van der Waals surface area contributed by atoms with Crippen LogP contribution in [0, 0.1) is 12.8 Å². The van der Waals surface area contributed by atoms with E-state index in [-0.39, 0.29) is 0 Å². The van der Waals surface area contributed by atoms with E-state index in [0.29, 0.717) is 0 Å². The molecular weight excluding hydrogens is 414 g/mol. The van der Waals surface area contributed by atoms with Gasteiger partial charge in [0.05, 0.1) is 33.0 Å². The molecule has 8 rings (SSSR count). The summed E-state index contributed by atoms with van der Waals surface area (Å²) in [4.78, 5) is 9.69. The van der Waals surface area contributed by atoms with Crippen LogP contribution >= 0.6 is 0 Å². The molecule has 3 nitrogen and oxygen atoms in total. The second-order valence-electron chi connectivity index (χ2n) is 10.2. The third-order valence-electron chi connectivity index (χ3n) is 8.36. The summed E-state index contributed by atoms with van der Waals surface area (Å²) in [6, 6.07) is 22.4. The summed E-state index contributed by atoms with van der Waals surface area (Å²) in [5.41, 5.74) is 8.77. The summed E-state index contributed by atoms with van der Waals surface area (Å²) in [5.74, 6) is 0.782. The van der Waals surface area contributed by atoms with E-state index in [1.807, 2.05) is 0 Å². The smallest absolute Gasteiger partial charge is 0.116 e. The molecule has 4 aromatic carbocycles. The van der Waals surface area contributed by atoms with Crippen LogP contribution in [0.2, 0.25) is 0 Å². The minimum Gasteiger partial charge on any atom is -0.307 e. The van der Waals surface area contributed by atoms with Crippen LogP contribution in [0.1, 0.15) is 36.8 Å². The summed E-state index contributed by atoms with van der Waals surface area (Å²) in [5, 5.41) is 7.74. The Morgan fingerprint density at radius 3 is 2.50 bits per heavy atom. The molecule has 0 unspecified atom stereocenters. The molecule has 0 aliphatic heterocycles. The summed E-state index contributed by atoms with van der Waals surface area (Å²) in [7, 11) is 0. The molecule has 3 heteroatoms. The Morgan fingerprint density at radius 1 is 0.824 bits per heavy atom. The molecule has 3 aromatic heterocycles. The van der Waals surface area contributed by atoms with E-state index in [9.17, 15) is 0 Å². The van der Waals surface area contributed by atoms with Crippen LogP contribution in [-0.4, -0.2) is 14.4 Å². The molecule has 3 heterocycles. The van der Waals surface area contributed by atoms with Crippen LogP contribution in [-0.2, 0) is 6.42 Å². The average Bonchev–Trinajstić information content (AvgIpc) is 3.50. The van der Waals surface area contributed by atoms with Gasteiger partial charge in [0.15, 0.2) is 0 Å². The van der Waals surface area contributed by atoms with Crippen molar-refractivity contribution < 1.29 is 0 Å². The van der Waals surface area contributed by atoms with Gasteiger partial charge in [0.2, 0.25) is 0 Å². The number of pyridine rings is 1. The molecule has 0 radical (unpaired) electrons. The van der Waals surface area contributed by atoms with Gasteiger partial charge >= 0.3 is 0 Å². The molecule has 164 valence electrons. The van der Waals surface area contributed by atoms with Crippen LogP contribution in [0.25, 0.3) is 59.9 Å². The standard InChI is InChI=1S/C31H25N3/c1-18-22-11-5-4-10-20(22)15-24-29-28-25(32-17-33-29)16-21(14-19-8-2-3-9-19)27-23-12-6-7-13-26(23)34(30(18)24)31(27)28/h4-7,10-13,15-17,19H,2-3,8-9,14H2,1H3. The molecule has 34 heavy (non-hydrogen) atoms. The van der Waals surface area contributed by atoms with Crippen molar-refractivity contribution in [1.82, 2.24) is 14.4 Å². The molecule has 1 saturated carbocycles. The highest BCUT2D eigenvalue weighted by Gasteiger charge is 2.25. The van der Waals surface area contributed by atoms with Gasteiger partial charge in [-0.25, -0.2) is 9.97 Å². The van der Waals surface area contributed by atoms with Crippen molar-refractivity contribution in [2.45, 2.75) is 39.0 Å². The zero-order valence-electron chi connectivity index (χ0n) is 19.3. The second kappa shape index (κ2) is 6.66. The Bertz CT molecular complexity index is 1900. The predicted octanol–water partition coefficient (Wildman–Crippen LogP) is 7.97. The van der Waals surface area contributed by atoms with Crippen molar-refractivity contribution >= 4 is 59.9 Å². The topological polar surface area (TPSA) is 30.2 Å². The molecule has 0 spiro atoms. The van der Waals surface area contributed by atoms with E-state index in [0.717, 1.165) is 23.4 Å². The number of aromatic nitrogens is 3. The third kappa shape index (κ3) is 2.32. The first kappa shape index (κ1) is 18.7. The fourth-order valence-corrected chi connectivity index (χ4v) is 6.89. The quantitative estimate of drug-likeness (QED) is 0.202. The van der Waals surface area contributed by atoms with Gasteiger partial charge in [-0.3, -0.25) is 0 Å². The molecule has 0 amide bonds. The summed E-state index contributed by atoms with van der Waals surface area (Å²) >= 11 is 0. The number of aryl methyl sites for hydroxylation is 1. The van der Waals surface area contributed by atoms with Crippen molar-refractivity contribution in [3.8, 4) is 0 Å². The second-order valence-corrected chi connectivity index (χ2v) is 10.2. The van der Waals surface area contributed by atoms with E-state index < -0.39 is 0 Å². The highest BCUT2D eigenvalue weighted by molar-refractivity contribution is 6.29. The number of para-hydroxylation sites is 1. The maximum Gasteiger partial charge on any atom is 0.116 e. The number of hydrogen-bond acceptors (Lipinski definition) is 2. The van der Waals surface area contributed by atoms with Crippen LogP contribution in [0.3, 0.4) is 0 Å². The summed E-state index contributed by atoms with van der Waals surface area (Å²) in [6.07, 6.45) is 8.34. The van der Waals surface area contributed by atoms with Crippen molar-refractivity contribution in [2.24, 2.45) is 5.92 Å². The predicted molar refractivity (Wildman–Crippen MR) is 142 cm³/mol. The molecule has 1 aliphatic rings. The lowest BCUT2D eigenvalue weighted by molar-refractivity contribution is 0.549. The van der Waals surface area contributed by atoms with Gasteiger partial charge in [0.1, 0.15) is 6.33 Å². The molecular formula is C31H25N3. The maximum absolute atomic E-state index is 4.89. The number of rotatable bonds is 2. The first-order chi connectivity index (χ1) is 16.8. The monoisotopic (exact) mass is 439 g/mol. The van der Waals surface area contributed by atoms with E-state index >= 15 is 0 Å². The van der Waals surface area contributed by atoms with Crippen molar-refractivity contribution in [3.05, 3.63) is 78.1 Å². The fourth-order valence-electron chi connectivity index (χ4n) is 6.89. The highest BCUT2D eigenvalue weighted by atomic mass is 14.9. The fraction of sp³-hybridized carbons (Fsp3) is 0.226. The van der Waals surface area contributed by atoms with Gasteiger partial charge in [0, 0.05) is 16.2 Å². The summed E-state index contributed by atoms with van der Waals surface area (Å²) in [6.45, 7) is 2.27. The van der Waals surface area contributed by atoms with Gasteiger partial charge in [-0.15, -0.1) is 0 Å². The van der Waals surface area contributed by atoms with E-state index in [4.69, 9.17) is 9.97 Å².